The molecule has 6 nitrogen and oxygen atoms in total. The molecule has 29 heavy (non-hydrogen) atoms. The molecule has 0 bridgehead atoms. The van der Waals surface area contributed by atoms with Crippen molar-refractivity contribution >= 4 is 17.3 Å². The Hall–Kier alpha value is -2.58. The van der Waals surface area contributed by atoms with Crippen molar-refractivity contribution in [3.05, 3.63) is 36.0 Å². The summed E-state index contributed by atoms with van der Waals surface area (Å²) < 4.78 is 41.3. The topological polar surface area (TPSA) is 80.0 Å². The smallest absolute Gasteiger partial charge is 0.385 e. The van der Waals surface area contributed by atoms with Gasteiger partial charge in [0.2, 0.25) is 5.91 Å². The number of carbonyl (C=O) groups excluding carboxylic acids is 1. The highest BCUT2D eigenvalue weighted by atomic mass is 19.4. The molecule has 9 heteroatoms. The Morgan fingerprint density at radius 3 is 2.34 bits per heavy atom. The second-order valence-corrected chi connectivity index (χ2v) is 7.33. The number of hydrogen-bond donors (Lipinski definition) is 2. The molecule has 0 saturated heterocycles. The van der Waals surface area contributed by atoms with Gasteiger partial charge in [-0.1, -0.05) is 31.8 Å². The summed E-state index contributed by atoms with van der Waals surface area (Å²) in [6, 6.07) is 7.58. The lowest BCUT2D eigenvalue weighted by Crippen LogP contribution is -2.11. The van der Waals surface area contributed by atoms with E-state index >= 15 is 0 Å². The van der Waals surface area contributed by atoms with Crippen LogP contribution in [0, 0.1) is 5.92 Å². The van der Waals surface area contributed by atoms with E-state index in [9.17, 15) is 18.0 Å². The normalized spacial score (nSPS) is 11.7. The zero-order chi connectivity index (χ0) is 21.3. The molecule has 160 valence electrons. The summed E-state index contributed by atoms with van der Waals surface area (Å²) in [6.45, 7) is 5.16. The molecule has 0 aliphatic heterocycles. The number of carbonyl (C=O) groups is 1. The monoisotopic (exact) mass is 412 g/mol. The average Bonchev–Trinajstić information content (AvgIpc) is 3.13. The fraction of sp³-hybridized carbons (Fsp3) is 0.550. The minimum Gasteiger partial charge on any atom is -0.385 e. The van der Waals surface area contributed by atoms with Crippen LogP contribution in [0.5, 0.6) is 0 Å². The van der Waals surface area contributed by atoms with E-state index < -0.39 is 12.1 Å². The molecule has 0 atom stereocenters. The van der Waals surface area contributed by atoms with Gasteiger partial charge in [0.25, 0.3) is 0 Å². The second kappa shape index (κ2) is 10.8. The highest BCUT2D eigenvalue weighted by Crippen LogP contribution is 2.27. The van der Waals surface area contributed by atoms with E-state index in [0.29, 0.717) is 31.6 Å². The van der Waals surface area contributed by atoms with Crippen molar-refractivity contribution in [2.75, 3.05) is 17.2 Å². The minimum atomic E-state index is -4.61. The van der Waals surface area contributed by atoms with Crippen LogP contribution in [0.25, 0.3) is 0 Å². The maximum absolute atomic E-state index is 12.4. The summed E-state index contributed by atoms with van der Waals surface area (Å²) in [5.74, 6) is -0.755. The largest absolute Gasteiger partial charge is 0.471 e. The highest BCUT2D eigenvalue weighted by Gasteiger charge is 2.38. The number of nitrogens with zero attached hydrogens (tertiary/aromatic N) is 2. The fourth-order valence-corrected chi connectivity index (χ4v) is 2.61. The van der Waals surface area contributed by atoms with Gasteiger partial charge in [-0.3, -0.25) is 4.79 Å². The van der Waals surface area contributed by atoms with Gasteiger partial charge < -0.3 is 15.2 Å². The van der Waals surface area contributed by atoms with Gasteiger partial charge in [-0.15, -0.1) is 0 Å². The van der Waals surface area contributed by atoms with Crippen molar-refractivity contribution in [1.29, 1.82) is 0 Å². The Balaban J connectivity index is 1.58. The van der Waals surface area contributed by atoms with Crippen molar-refractivity contribution in [1.82, 2.24) is 10.1 Å². The fourth-order valence-electron chi connectivity index (χ4n) is 2.61. The summed E-state index contributed by atoms with van der Waals surface area (Å²) in [7, 11) is 0. The maximum atomic E-state index is 12.4. The Kier molecular flexibility index (Phi) is 8.48. The van der Waals surface area contributed by atoms with Crippen LogP contribution < -0.4 is 10.6 Å². The average molecular weight is 412 g/mol. The molecule has 1 aromatic carbocycles. The zero-order valence-electron chi connectivity index (χ0n) is 16.7. The number of aromatic nitrogens is 2. The van der Waals surface area contributed by atoms with E-state index in [1.807, 2.05) is 24.3 Å². The molecule has 2 N–H and O–H groups in total. The third-order valence-corrected chi connectivity index (χ3v) is 4.15. The molecule has 0 saturated carbocycles. The van der Waals surface area contributed by atoms with Crippen LogP contribution >= 0.6 is 0 Å². The van der Waals surface area contributed by atoms with E-state index in [2.05, 4.69) is 39.1 Å². The third kappa shape index (κ3) is 8.53. The summed E-state index contributed by atoms with van der Waals surface area (Å²) >= 11 is 0. The van der Waals surface area contributed by atoms with Gasteiger partial charge in [0.1, 0.15) is 0 Å². The first-order chi connectivity index (χ1) is 13.7. The quantitative estimate of drug-likeness (QED) is 0.490. The van der Waals surface area contributed by atoms with Gasteiger partial charge in [-0.05, 0) is 43.0 Å². The van der Waals surface area contributed by atoms with Crippen molar-refractivity contribution < 1.29 is 22.5 Å². The van der Waals surface area contributed by atoms with Gasteiger partial charge in [-0.2, -0.15) is 18.2 Å². The summed E-state index contributed by atoms with van der Waals surface area (Å²) in [6.07, 6.45) is -0.960. The molecule has 0 unspecified atom stereocenters. The van der Waals surface area contributed by atoms with Gasteiger partial charge in [-0.25, -0.2) is 0 Å². The SMILES string of the molecule is CC(C)CNc1ccc(NC(=O)CCCCCCc2noc(C(F)(F)F)n2)cc1. The molecule has 0 aliphatic rings. The number of benzene rings is 1. The Morgan fingerprint density at radius 2 is 1.72 bits per heavy atom. The number of halogens is 3. The summed E-state index contributed by atoms with van der Waals surface area (Å²) in [4.78, 5) is 15.3. The number of hydrogen-bond acceptors (Lipinski definition) is 5. The van der Waals surface area contributed by atoms with E-state index in [0.717, 1.165) is 30.8 Å². The van der Waals surface area contributed by atoms with Crippen LogP contribution in [0.1, 0.15) is 57.7 Å². The minimum absolute atomic E-state index is 0.0547. The van der Waals surface area contributed by atoms with E-state index in [1.165, 1.54) is 0 Å². The predicted octanol–water partition coefficient (Wildman–Crippen LogP) is 5.29. The van der Waals surface area contributed by atoms with Crippen LogP contribution in [0.3, 0.4) is 0 Å². The zero-order valence-corrected chi connectivity index (χ0v) is 16.7. The van der Waals surface area contributed by atoms with Gasteiger partial charge >= 0.3 is 12.1 Å². The van der Waals surface area contributed by atoms with E-state index in [1.54, 1.807) is 0 Å². The number of anilines is 2. The summed E-state index contributed by atoms with van der Waals surface area (Å²) in [5.41, 5.74) is 1.77. The van der Waals surface area contributed by atoms with Gasteiger partial charge in [0.15, 0.2) is 5.82 Å². The van der Waals surface area contributed by atoms with E-state index in [-0.39, 0.29) is 11.7 Å². The molecular weight excluding hydrogens is 385 g/mol. The molecular formula is C20H27F3N4O2. The standard InChI is InChI=1S/C20H27F3N4O2/c1-14(2)13-24-15-9-11-16(12-10-15)25-18(28)8-6-4-3-5-7-17-26-19(29-27-17)20(21,22)23/h9-12,14,24H,3-8,13H2,1-2H3,(H,25,28). The molecule has 1 heterocycles. The lowest BCUT2D eigenvalue weighted by Gasteiger charge is -2.10. The van der Waals surface area contributed by atoms with E-state index in [4.69, 9.17) is 0 Å². The maximum Gasteiger partial charge on any atom is 0.471 e. The van der Waals surface area contributed by atoms with Crippen LogP contribution in [-0.4, -0.2) is 22.6 Å². The Morgan fingerprint density at radius 1 is 1.07 bits per heavy atom. The van der Waals surface area contributed by atoms with Crippen molar-refractivity contribution in [2.24, 2.45) is 5.92 Å². The van der Waals surface area contributed by atoms with Crippen molar-refractivity contribution in [3.63, 3.8) is 0 Å². The van der Waals surface area contributed by atoms with Gasteiger partial charge in [0.05, 0.1) is 0 Å². The molecule has 0 aliphatic carbocycles. The first-order valence-corrected chi connectivity index (χ1v) is 9.77. The molecule has 0 fully saturated rings. The number of unbranched alkanes of at least 4 members (excludes halogenated alkanes) is 3. The first-order valence-electron chi connectivity index (χ1n) is 9.77. The Bertz CT molecular complexity index is 758. The number of alkyl halides is 3. The second-order valence-electron chi connectivity index (χ2n) is 7.33. The lowest BCUT2D eigenvalue weighted by molar-refractivity contribution is -0.159. The van der Waals surface area contributed by atoms with Crippen LogP contribution in [-0.2, 0) is 17.4 Å². The third-order valence-electron chi connectivity index (χ3n) is 4.15. The van der Waals surface area contributed by atoms with Crippen LogP contribution in [0.4, 0.5) is 24.5 Å². The molecule has 1 aromatic heterocycles. The molecule has 0 radical (unpaired) electrons. The molecule has 2 aromatic rings. The Labute approximate surface area is 168 Å². The van der Waals surface area contributed by atoms with Crippen LogP contribution in [0.2, 0.25) is 0 Å². The molecule has 2 rings (SSSR count). The van der Waals surface area contributed by atoms with Gasteiger partial charge in [0, 0.05) is 30.8 Å². The number of rotatable bonds is 11. The highest BCUT2D eigenvalue weighted by molar-refractivity contribution is 5.90. The van der Waals surface area contributed by atoms with Crippen LogP contribution in [0.15, 0.2) is 28.8 Å². The number of nitrogens with one attached hydrogen (secondary N) is 2. The molecule has 1 amide bonds. The number of amides is 1. The van der Waals surface area contributed by atoms with Crippen molar-refractivity contribution in [3.8, 4) is 0 Å². The van der Waals surface area contributed by atoms with Crippen molar-refractivity contribution in [2.45, 2.75) is 58.5 Å². The summed E-state index contributed by atoms with van der Waals surface area (Å²) in [5, 5.41) is 9.50. The predicted molar refractivity (Wildman–Crippen MR) is 104 cm³/mol. The molecule has 0 spiro atoms. The number of aryl methyl sites for hydroxylation is 1. The first kappa shape index (κ1) is 22.7. The lowest BCUT2D eigenvalue weighted by atomic mass is 10.1.